The zero-order valence-electron chi connectivity index (χ0n) is 22.6. The Morgan fingerprint density at radius 2 is 2.00 bits per heavy atom. The van der Waals surface area contributed by atoms with E-state index in [2.05, 4.69) is 47.9 Å². The molecule has 1 amide bonds. The van der Waals surface area contributed by atoms with Crippen molar-refractivity contribution in [2.45, 2.75) is 77.5 Å². The van der Waals surface area contributed by atoms with Gasteiger partial charge in [-0.25, -0.2) is 14.2 Å². The van der Waals surface area contributed by atoms with Gasteiger partial charge in [0.1, 0.15) is 18.2 Å². The summed E-state index contributed by atoms with van der Waals surface area (Å²) in [6.07, 6.45) is 4.31. The zero-order chi connectivity index (χ0) is 26.6. The molecule has 1 aromatic carbocycles. The number of cyclic esters (lactones) is 1. The smallest absolute Gasteiger partial charge is 0.416 e. The van der Waals surface area contributed by atoms with E-state index in [1.54, 1.807) is 23.2 Å². The van der Waals surface area contributed by atoms with Gasteiger partial charge in [0.05, 0.1) is 11.6 Å². The number of nitrogens with zero attached hydrogens (tertiary/aromatic N) is 4. The highest BCUT2D eigenvalue weighted by molar-refractivity contribution is 5.90. The van der Waals surface area contributed by atoms with Gasteiger partial charge in [-0.1, -0.05) is 26.0 Å². The first-order valence-corrected chi connectivity index (χ1v) is 13.3. The fraction of sp³-hybridized carbons (Fsp3) is 0.607. The van der Waals surface area contributed by atoms with Gasteiger partial charge in [-0.05, 0) is 69.1 Å². The number of amides is 1. The van der Waals surface area contributed by atoms with E-state index < -0.39 is 0 Å². The third-order valence-corrected chi connectivity index (χ3v) is 8.94. The first-order valence-electron chi connectivity index (χ1n) is 13.3. The molecule has 1 aromatic heterocycles. The SMILES string of the molecule is C[C@H](Nc1nccc(N2C(=O)OC[C@]2(C)C2CC2)n1)c1ccc(CN2CCC(C)(N)C(C)(C)C2)c(F)c1. The number of nitrogens with one attached hydrogen (secondary N) is 1. The van der Waals surface area contributed by atoms with E-state index in [9.17, 15) is 4.79 Å². The molecule has 3 aliphatic rings. The van der Waals surface area contributed by atoms with Crippen LogP contribution in [0.5, 0.6) is 0 Å². The van der Waals surface area contributed by atoms with Crippen LogP contribution in [0.1, 0.15) is 71.0 Å². The van der Waals surface area contributed by atoms with Crippen molar-refractivity contribution in [3.8, 4) is 0 Å². The number of hydrogen-bond acceptors (Lipinski definition) is 7. The summed E-state index contributed by atoms with van der Waals surface area (Å²) in [5.41, 5.74) is 7.31. The van der Waals surface area contributed by atoms with Crippen molar-refractivity contribution in [3.63, 3.8) is 0 Å². The lowest BCUT2D eigenvalue weighted by atomic mass is 9.69. The third kappa shape index (κ3) is 4.91. The minimum atomic E-state index is -0.389. The summed E-state index contributed by atoms with van der Waals surface area (Å²) in [6, 6.07) is 6.90. The number of carbonyl (C=O) groups is 1. The van der Waals surface area contributed by atoms with Gasteiger partial charge in [0.2, 0.25) is 5.95 Å². The van der Waals surface area contributed by atoms with Gasteiger partial charge in [-0.15, -0.1) is 0 Å². The third-order valence-electron chi connectivity index (χ3n) is 8.94. The maximum absolute atomic E-state index is 15.2. The van der Waals surface area contributed by atoms with Crippen LogP contribution in [-0.4, -0.2) is 51.7 Å². The van der Waals surface area contributed by atoms with Crippen LogP contribution < -0.4 is 16.0 Å². The number of rotatable bonds is 7. The lowest BCUT2D eigenvalue weighted by molar-refractivity contribution is 0.0369. The minimum absolute atomic E-state index is 0.0451. The average molecular weight is 511 g/mol. The second-order valence-electron chi connectivity index (χ2n) is 12.2. The Hall–Kier alpha value is -2.78. The number of piperidine rings is 1. The van der Waals surface area contributed by atoms with E-state index in [0.29, 0.717) is 36.4 Å². The van der Waals surface area contributed by atoms with E-state index in [1.807, 2.05) is 19.1 Å². The highest BCUT2D eigenvalue weighted by atomic mass is 19.1. The Bertz CT molecular complexity index is 1180. The molecule has 37 heavy (non-hydrogen) atoms. The molecule has 1 unspecified atom stereocenters. The largest absolute Gasteiger partial charge is 0.447 e. The normalized spacial score (nSPS) is 28.7. The van der Waals surface area contributed by atoms with Gasteiger partial charge in [0, 0.05) is 36.9 Å². The lowest BCUT2D eigenvalue weighted by Gasteiger charge is -2.49. The Balaban J connectivity index is 1.26. The number of benzene rings is 1. The van der Waals surface area contributed by atoms with E-state index >= 15 is 4.39 Å². The number of hydrogen-bond donors (Lipinski definition) is 2. The molecule has 2 saturated heterocycles. The molecule has 2 aromatic rings. The van der Waals surface area contributed by atoms with Crippen molar-refractivity contribution in [1.29, 1.82) is 0 Å². The molecular weight excluding hydrogens is 471 g/mol. The maximum Gasteiger partial charge on any atom is 0.416 e. The minimum Gasteiger partial charge on any atom is -0.447 e. The summed E-state index contributed by atoms with van der Waals surface area (Å²) in [5.74, 6) is 1.09. The van der Waals surface area contributed by atoms with E-state index in [0.717, 1.165) is 37.9 Å². The maximum atomic E-state index is 15.2. The Morgan fingerprint density at radius 3 is 2.68 bits per heavy atom. The molecule has 2 aliphatic heterocycles. The van der Waals surface area contributed by atoms with Crippen LogP contribution in [0.15, 0.2) is 30.5 Å². The highest BCUT2D eigenvalue weighted by Crippen LogP contribution is 2.47. The van der Waals surface area contributed by atoms with Crippen molar-refractivity contribution < 1.29 is 13.9 Å². The Kier molecular flexibility index (Phi) is 6.43. The standard InChI is InChI=1S/C28H39FN6O2/c1-18(19-6-7-20(22(29)14-19)15-34-13-11-28(5,30)26(2,3)16-34)32-24-31-12-10-23(33-24)35-25(36)37-17-27(35,4)21-8-9-21/h6-7,10,12,14,18,21H,8-9,11,13,15-17,30H2,1-5H3,(H,31,32,33)/t18-,27+,28?/m0/s1. The first kappa shape index (κ1) is 25.9. The van der Waals surface area contributed by atoms with Gasteiger partial charge < -0.3 is 15.8 Å². The van der Waals surface area contributed by atoms with Gasteiger partial charge >= 0.3 is 6.09 Å². The predicted octanol–water partition coefficient (Wildman–Crippen LogP) is 4.86. The molecule has 0 bridgehead atoms. The fourth-order valence-electron chi connectivity index (χ4n) is 5.61. The molecule has 1 saturated carbocycles. The molecule has 0 spiro atoms. The first-order chi connectivity index (χ1) is 17.4. The number of nitrogens with two attached hydrogens (primary N) is 1. The fourth-order valence-corrected chi connectivity index (χ4v) is 5.61. The van der Waals surface area contributed by atoms with Crippen LogP contribution in [0.4, 0.5) is 21.0 Å². The van der Waals surface area contributed by atoms with Crippen molar-refractivity contribution >= 4 is 17.9 Å². The van der Waals surface area contributed by atoms with Crippen LogP contribution in [0.25, 0.3) is 0 Å². The molecule has 9 heteroatoms. The van der Waals surface area contributed by atoms with Crippen molar-refractivity contribution in [2.75, 3.05) is 29.9 Å². The number of halogens is 1. The molecule has 200 valence electrons. The number of ether oxygens (including phenoxy) is 1. The van der Waals surface area contributed by atoms with Crippen LogP contribution in [-0.2, 0) is 11.3 Å². The van der Waals surface area contributed by atoms with Crippen molar-refractivity contribution in [3.05, 3.63) is 47.4 Å². The molecule has 5 rings (SSSR count). The van der Waals surface area contributed by atoms with Crippen LogP contribution in [0.2, 0.25) is 0 Å². The summed E-state index contributed by atoms with van der Waals surface area (Å²) in [4.78, 5) is 25.4. The van der Waals surface area contributed by atoms with E-state index in [1.165, 1.54) is 0 Å². The van der Waals surface area contributed by atoms with Crippen molar-refractivity contribution in [1.82, 2.24) is 14.9 Å². The summed E-state index contributed by atoms with van der Waals surface area (Å²) < 4.78 is 20.5. The van der Waals surface area contributed by atoms with E-state index in [4.69, 9.17) is 10.5 Å². The second-order valence-corrected chi connectivity index (χ2v) is 12.2. The monoisotopic (exact) mass is 510 g/mol. The number of carbonyl (C=O) groups excluding carboxylic acids is 1. The number of aromatic nitrogens is 2. The summed E-state index contributed by atoms with van der Waals surface area (Å²) in [5, 5.41) is 3.26. The molecular formula is C28H39FN6O2. The summed E-state index contributed by atoms with van der Waals surface area (Å²) >= 11 is 0. The topological polar surface area (TPSA) is 96.6 Å². The Labute approximate surface area is 218 Å². The molecule has 0 radical (unpaired) electrons. The molecule has 1 aliphatic carbocycles. The van der Waals surface area contributed by atoms with Crippen molar-refractivity contribution in [2.24, 2.45) is 17.1 Å². The van der Waals surface area contributed by atoms with Crippen LogP contribution >= 0.6 is 0 Å². The summed E-state index contributed by atoms with van der Waals surface area (Å²) in [7, 11) is 0. The number of anilines is 2. The predicted molar refractivity (Wildman–Crippen MR) is 142 cm³/mol. The molecule has 3 atom stereocenters. The molecule has 3 N–H and O–H groups in total. The number of likely N-dealkylation sites (tertiary alicyclic amines) is 1. The van der Waals surface area contributed by atoms with Gasteiger partial charge in [-0.3, -0.25) is 9.80 Å². The quantitative estimate of drug-likeness (QED) is 0.549. The zero-order valence-corrected chi connectivity index (χ0v) is 22.6. The van der Waals surface area contributed by atoms with Gasteiger partial charge in [0.25, 0.3) is 0 Å². The van der Waals surface area contributed by atoms with Gasteiger partial charge in [-0.2, -0.15) is 4.98 Å². The second kappa shape index (κ2) is 9.20. The Morgan fingerprint density at radius 1 is 1.24 bits per heavy atom. The van der Waals surface area contributed by atoms with Crippen LogP contribution in [0, 0.1) is 17.2 Å². The molecule has 3 heterocycles. The average Bonchev–Trinajstić information content (AvgIpc) is 3.64. The molecule has 3 fully saturated rings. The summed E-state index contributed by atoms with van der Waals surface area (Å²) in [6.45, 7) is 13.1. The van der Waals surface area contributed by atoms with Gasteiger partial charge in [0.15, 0.2) is 0 Å². The van der Waals surface area contributed by atoms with E-state index in [-0.39, 0.29) is 34.4 Å². The highest BCUT2D eigenvalue weighted by Gasteiger charge is 2.54. The van der Waals surface area contributed by atoms with Crippen LogP contribution in [0.3, 0.4) is 0 Å². The lowest BCUT2D eigenvalue weighted by Crippen LogP contribution is -2.60. The molecule has 8 nitrogen and oxygen atoms in total.